The second-order valence-electron chi connectivity index (χ2n) is 7.18. The molecule has 2 aromatic carbocycles. The van der Waals surface area contributed by atoms with E-state index < -0.39 is 28.6 Å². The highest BCUT2D eigenvalue weighted by Gasteiger charge is 2.19. The van der Waals surface area contributed by atoms with Crippen molar-refractivity contribution < 1.29 is 22.8 Å². The molecule has 0 aliphatic carbocycles. The molecule has 0 N–H and O–H groups in total. The first-order valence-corrected chi connectivity index (χ1v) is 9.83. The van der Waals surface area contributed by atoms with Crippen molar-refractivity contribution in [3.63, 3.8) is 0 Å². The third-order valence-electron chi connectivity index (χ3n) is 5.01. The maximum Gasteiger partial charge on any atom is 0.331 e. The van der Waals surface area contributed by atoms with Crippen molar-refractivity contribution >= 4 is 0 Å². The first-order valence-electron chi connectivity index (χ1n) is 9.83. The molecule has 2 heterocycles. The summed E-state index contributed by atoms with van der Waals surface area (Å²) < 4.78 is 47.3. The molecule has 0 amide bonds. The Kier molecular flexibility index (Phi) is 6.07. The Morgan fingerprint density at radius 1 is 1.06 bits per heavy atom. The number of aromatic nitrogens is 3. The van der Waals surface area contributed by atoms with Crippen LogP contribution < -0.4 is 20.7 Å². The molecule has 0 aliphatic heterocycles. The Labute approximate surface area is 186 Å². The number of ether oxygens (including phenoxy) is 2. The number of methoxy groups -OCH3 is 1. The van der Waals surface area contributed by atoms with Gasteiger partial charge in [-0.1, -0.05) is 17.3 Å². The van der Waals surface area contributed by atoms with Crippen LogP contribution >= 0.6 is 0 Å². The molecule has 0 saturated heterocycles. The minimum atomic E-state index is -0.928. The predicted molar refractivity (Wildman–Crippen MR) is 114 cm³/mol. The molecule has 4 aromatic rings. The average molecular weight is 455 g/mol. The van der Waals surface area contributed by atoms with Crippen LogP contribution in [0.25, 0.3) is 11.3 Å². The van der Waals surface area contributed by atoms with Crippen LogP contribution in [0.3, 0.4) is 0 Å². The van der Waals surface area contributed by atoms with Crippen LogP contribution in [-0.4, -0.2) is 21.4 Å². The van der Waals surface area contributed by atoms with Crippen molar-refractivity contribution in [1.29, 1.82) is 0 Å². The monoisotopic (exact) mass is 455 g/mol. The molecule has 0 atom stereocenters. The fourth-order valence-electron chi connectivity index (χ4n) is 3.16. The van der Waals surface area contributed by atoms with Gasteiger partial charge in [0.25, 0.3) is 5.56 Å². The van der Waals surface area contributed by atoms with Gasteiger partial charge in [-0.15, -0.1) is 0 Å². The normalized spacial score (nSPS) is 10.9. The first kappa shape index (κ1) is 22.0. The number of nitrogens with zero attached hydrogens (tertiary/aromatic N) is 3. The molecule has 0 spiro atoms. The Morgan fingerprint density at radius 2 is 1.82 bits per heavy atom. The van der Waals surface area contributed by atoms with E-state index in [-0.39, 0.29) is 30.2 Å². The molecule has 33 heavy (non-hydrogen) atoms. The van der Waals surface area contributed by atoms with Gasteiger partial charge in [0.2, 0.25) is 0 Å². The van der Waals surface area contributed by atoms with Gasteiger partial charge in [0.05, 0.1) is 13.7 Å². The summed E-state index contributed by atoms with van der Waals surface area (Å²) in [5, 5.41) is 3.83. The van der Waals surface area contributed by atoms with Crippen LogP contribution in [0.15, 0.2) is 68.8 Å². The van der Waals surface area contributed by atoms with Crippen molar-refractivity contribution in [3.8, 4) is 22.8 Å². The smallest absolute Gasteiger partial charge is 0.331 e. The maximum atomic E-state index is 15.1. The third-order valence-corrected chi connectivity index (χ3v) is 5.01. The highest BCUT2D eigenvalue weighted by Crippen LogP contribution is 2.32. The second kappa shape index (κ2) is 9.11. The standard InChI is InChI=1S/C23H19F2N3O5/c1-27-20(29)9-10-28(23(27)30)12-16-11-19(26-33-16)17-7-8-18(24)22(21(17)25)32-13-14-3-5-15(31-2)6-4-14/h3-11H,12-13H2,1-2H3. The highest BCUT2D eigenvalue weighted by atomic mass is 19.1. The van der Waals surface area contributed by atoms with E-state index in [0.717, 1.165) is 10.6 Å². The molecule has 10 heteroatoms. The molecule has 0 radical (unpaired) electrons. The molecular weight excluding hydrogens is 436 g/mol. The summed E-state index contributed by atoms with van der Waals surface area (Å²) in [6.07, 6.45) is 1.33. The molecule has 0 bridgehead atoms. The van der Waals surface area contributed by atoms with Gasteiger partial charge in [0.15, 0.2) is 23.1 Å². The van der Waals surface area contributed by atoms with E-state index >= 15 is 4.39 Å². The maximum absolute atomic E-state index is 15.1. The van der Waals surface area contributed by atoms with E-state index in [9.17, 15) is 14.0 Å². The Balaban J connectivity index is 1.56. The van der Waals surface area contributed by atoms with Gasteiger partial charge >= 0.3 is 5.69 Å². The second-order valence-corrected chi connectivity index (χ2v) is 7.18. The topological polar surface area (TPSA) is 88.5 Å². The van der Waals surface area contributed by atoms with Crippen LogP contribution in [0, 0.1) is 11.6 Å². The quantitative estimate of drug-likeness (QED) is 0.426. The Bertz CT molecular complexity index is 1410. The Hall–Kier alpha value is -4.21. The number of rotatable bonds is 7. The lowest BCUT2D eigenvalue weighted by Gasteiger charge is -2.11. The van der Waals surface area contributed by atoms with Crippen molar-refractivity contribution in [3.05, 3.63) is 98.5 Å². The highest BCUT2D eigenvalue weighted by molar-refractivity contribution is 5.62. The van der Waals surface area contributed by atoms with Gasteiger partial charge in [-0.05, 0) is 29.8 Å². The molecule has 0 fully saturated rings. The van der Waals surface area contributed by atoms with E-state index in [0.29, 0.717) is 11.3 Å². The summed E-state index contributed by atoms with van der Waals surface area (Å²) in [6, 6.07) is 11.9. The zero-order valence-corrected chi connectivity index (χ0v) is 17.7. The van der Waals surface area contributed by atoms with Gasteiger partial charge in [-0.25, -0.2) is 13.6 Å². The minimum Gasteiger partial charge on any atom is -0.497 e. The van der Waals surface area contributed by atoms with Gasteiger partial charge in [0, 0.05) is 30.9 Å². The molecule has 0 aliphatic rings. The van der Waals surface area contributed by atoms with Crippen LogP contribution in [0.4, 0.5) is 8.78 Å². The summed E-state index contributed by atoms with van der Waals surface area (Å²) in [5.74, 6) is -1.43. The molecule has 0 unspecified atom stereocenters. The van der Waals surface area contributed by atoms with Crippen molar-refractivity contribution in [2.75, 3.05) is 7.11 Å². The third kappa shape index (κ3) is 4.54. The van der Waals surface area contributed by atoms with Crippen LogP contribution in [0.2, 0.25) is 0 Å². The fraction of sp³-hybridized carbons (Fsp3) is 0.174. The summed E-state index contributed by atoms with van der Waals surface area (Å²) in [6.45, 7) is -0.0788. The van der Waals surface area contributed by atoms with E-state index in [1.54, 1.807) is 24.3 Å². The van der Waals surface area contributed by atoms with Gasteiger partial charge in [-0.3, -0.25) is 13.9 Å². The van der Waals surface area contributed by atoms with Crippen LogP contribution in [0.1, 0.15) is 11.3 Å². The van der Waals surface area contributed by atoms with E-state index in [1.807, 2.05) is 0 Å². The number of benzene rings is 2. The molecule has 0 saturated carbocycles. The molecule has 4 rings (SSSR count). The van der Waals surface area contributed by atoms with E-state index in [1.165, 1.54) is 43.1 Å². The van der Waals surface area contributed by atoms with Crippen molar-refractivity contribution in [1.82, 2.24) is 14.3 Å². The lowest BCUT2D eigenvalue weighted by atomic mass is 10.1. The van der Waals surface area contributed by atoms with E-state index in [4.69, 9.17) is 14.0 Å². The van der Waals surface area contributed by atoms with Crippen molar-refractivity contribution in [2.24, 2.45) is 7.05 Å². The van der Waals surface area contributed by atoms with Crippen LogP contribution in [-0.2, 0) is 20.2 Å². The van der Waals surface area contributed by atoms with Gasteiger partial charge in [0.1, 0.15) is 18.1 Å². The van der Waals surface area contributed by atoms with Crippen LogP contribution in [0.5, 0.6) is 11.5 Å². The molecule has 2 aromatic heterocycles. The van der Waals surface area contributed by atoms with E-state index in [2.05, 4.69) is 5.16 Å². The minimum absolute atomic E-state index is 0.0241. The summed E-state index contributed by atoms with van der Waals surface area (Å²) in [7, 11) is 2.89. The van der Waals surface area contributed by atoms with Gasteiger partial charge in [-0.2, -0.15) is 0 Å². The number of hydrogen-bond donors (Lipinski definition) is 0. The summed E-state index contributed by atoms with van der Waals surface area (Å²) >= 11 is 0. The molecular formula is C23H19F2N3O5. The largest absolute Gasteiger partial charge is 0.497 e. The lowest BCUT2D eigenvalue weighted by Crippen LogP contribution is -2.36. The first-order chi connectivity index (χ1) is 15.9. The summed E-state index contributed by atoms with van der Waals surface area (Å²) in [5.41, 5.74) is -0.197. The molecule has 8 nitrogen and oxygen atoms in total. The SMILES string of the molecule is COc1ccc(COc2c(F)ccc(-c3cc(Cn4ccc(=O)n(C)c4=O)on3)c2F)cc1. The zero-order chi connectivity index (χ0) is 23.5. The average Bonchev–Trinajstić information content (AvgIpc) is 3.28. The number of halogens is 2. The fourth-order valence-corrected chi connectivity index (χ4v) is 3.16. The predicted octanol–water partition coefficient (Wildman–Crippen LogP) is 3.12. The van der Waals surface area contributed by atoms with Crippen molar-refractivity contribution in [2.45, 2.75) is 13.2 Å². The Morgan fingerprint density at radius 3 is 2.55 bits per heavy atom. The molecule has 170 valence electrons. The van der Waals surface area contributed by atoms with Gasteiger partial charge < -0.3 is 14.0 Å². The zero-order valence-electron chi connectivity index (χ0n) is 17.7. The summed E-state index contributed by atoms with van der Waals surface area (Å²) in [4.78, 5) is 23.7. The lowest BCUT2D eigenvalue weighted by molar-refractivity contribution is 0.274. The number of hydrogen-bond acceptors (Lipinski definition) is 6.